The van der Waals surface area contributed by atoms with Gasteiger partial charge in [-0.2, -0.15) is 13.2 Å². The summed E-state index contributed by atoms with van der Waals surface area (Å²) in [7, 11) is -1.24. The first-order valence-corrected chi connectivity index (χ1v) is 9.96. The van der Waals surface area contributed by atoms with Gasteiger partial charge in [0.15, 0.2) is 0 Å². The van der Waals surface area contributed by atoms with Crippen LogP contribution in [0.25, 0.3) is 0 Å². The van der Waals surface area contributed by atoms with Crippen LogP contribution >= 0.6 is 23.4 Å². The van der Waals surface area contributed by atoms with Crippen molar-refractivity contribution < 1.29 is 26.4 Å². The van der Waals surface area contributed by atoms with Crippen molar-refractivity contribution in [2.75, 3.05) is 18.8 Å². The summed E-state index contributed by atoms with van der Waals surface area (Å²) < 4.78 is 65.7. The molecule has 0 aromatic heterocycles. The van der Waals surface area contributed by atoms with E-state index in [1.54, 1.807) is 20.2 Å². The highest BCUT2D eigenvalue weighted by Crippen LogP contribution is 2.34. The van der Waals surface area contributed by atoms with E-state index in [1.807, 2.05) is 0 Å². The molecule has 0 aliphatic rings. The Balaban J connectivity index is 2.33. The fourth-order valence-electron chi connectivity index (χ4n) is 1.91. The molecule has 0 heterocycles. The molecule has 2 aromatic carbocycles. The fourth-order valence-corrected chi connectivity index (χ4v) is 4.20. The molecule has 0 unspecified atom stereocenters. The standard InChI is InChI=1S/C16H14ClF3N2O3S2/c1-22(2)15(23)26-12-5-3-4-11(9-12)21-27(24,25)14-8-10(16(18,19)20)6-7-13(14)17/h3-9,21H,1-2H3. The maximum absolute atomic E-state index is 12.9. The second kappa shape index (κ2) is 7.99. The zero-order chi connectivity index (χ0) is 20.4. The summed E-state index contributed by atoms with van der Waals surface area (Å²) in [5.74, 6) is 0. The van der Waals surface area contributed by atoms with Crippen LogP contribution in [0.5, 0.6) is 0 Å². The molecule has 0 fully saturated rings. The average Bonchev–Trinajstić information content (AvgIpc) is 2.53. The van der Waals surface area contributed by atoms with Crippen molar-refractivity contribution in [1.82, 2.24) is 4.90 Å². The lowest BCUT2D eigenvalue weighted by Gasteiger charge is -2.13. The maximum Gasteiger partial charge on any atom is 0.416 e. The van der Waals surface area contributed by atoms with Crippen LogP contribution in [0.3, 0.4) is 0 Å². The number of rotatable bonds is 4. The molecule has 2 rings (SSSR count). The first kappa shape index (κ1) is 21.4. The largest absolute Gasteiger partial charge is 0.416 e. The molecule has 1 N–H and O–H groups in total. The van der Waals surface area contributed by atoms with Crippen molar-refractivity contribution in [3.63, 3.8) is 0 Å². The van der Waals surface area contributed by atoms with Gasteiger partial charge in [0, 0.05) is 24.7 Å². The van der Waals surface area contributed by atoms with E-state index in [9.17, 15) is 26.4 Å². The number of alkyl halides is 3. The highest BCUT2D eigenvalue weighted by Gasteiger charge is 2.32. The third-order valence-electron chi connectivity index (χ3n) is 3.20. The topological polar surface area (TPSA) is 66.5 Å². The van der Waals surface area contributed by atoms with Crippen molar-refractivity contribution in [3.8, 4) is 0 Å². The molecule has 0 atom stereocenters. The second-order valence-electron chi connectivity index (χ2n) is 5.54. The number of carbonyl (C=O) groups excluding carboxylic acids is 1. The number of halogens is 4. The number of thioether (sulfide) groups is 1. The minimum atomic E-state index is -4.71. The van der Waals surface area contributed by atoms with E-state index in [-0.39, 0.29) is 15.9 Å². The Morgan fingerprint density at radius 1 is 1.15 bits per heavy atom. The quantitative estimate of drug-likeness (QED) is 0.687. The molecule has 2 aromatic rings. The highest BCUT2D eigenvalue weighted by molar-refractivity contribution is 8.13. The van der Waals surface area contributed by atoms with E-state index in [0.29, 0.717) is 17.0 Å². The molecule has 0 bridgehead atoms. The first-order chi connectivity index (χ1) is 12.4. The van der Waals surface area contributed by atoms with Gasteiger partial charge in [-0.3, -0.25) is 9.52 Å². The molecule has 0 spiro atoms. The van der Waals surface area contributed by atoms with Crippen molar-refractivity contribution >= 4 is 44.3 Å². The molecule has 0 radical (unpaired) electrons. The van der Waals surface area contributed by atoms with E-state index in [2.05, 4.69) is 4.72 Å². The molecule has 11 heteroatoms. The monoisotopic (exact) mass is 438 g/mol. The number of benzene rings is 2. The summed E-state index contributed by atoms with van der Waals surface area (Å²) in [5, 5.41) is -0.611. The van der Waals surface area contributed by atoms with Gasteiger partial charge in [-0.15, -0.1) is 0 Å². The van der Waals surface area contributed by atoms with Gasteiger partial charge >= 0.3 is 6.18 Å². The van der Waals surface area contributed by atoms with Gasteiger partial charge in [0.25, 0.3) is 15.3 Å². The summed E-state index contributed by atoms with van der Waals surface area (Å²) in [5.41, 5.74) is -1.05. The molecule has 0 aliphatic carbocycles. The van der Waals surface area contributed by atoms with Crippen LogP contribution in [-0.2, 0) is 16.2 Å². The van der Waals surface area contributed by atoms with Crippen molar-refractivity contribution in [2.45, 2.75) is 16.0 Å². The number of nitrogens with zero attached hydrogens (tertiary/aromatic N) is 1. The van der Waals surface area contributed by atoms with Crippen molar-refractivity contribution in [3.05, 3.63) is 53.1 Å². The first-order valence-electron chi connectivity index (χ1n) is 7.29. The third kappa shape index (κ3) is 5.53. The Kier molecular flexibility index (Phi) is 6.33. The van der Waals surface area contributed by atoms with Crippen LogP contribution in [0, 0.1) is 0 Å². The lowest BCUT2D eigenvalue weighted by atomic mass is 10.2. The second-order valence-corrected chi connectivity index (χ2v) is 8.62. The van der Waals surface area contributed by atoms with Gasteiger partial charge < -0.3 is 4.90 Å². The summed E-state index contributed by atoms with van der Waals surface area (Å²) in [6.45, 7) is 0. The molecule has 146 valence electrons. The summed E-state index contributed by atoms with van der Waals surface area (Å²) in [6, 6.07) is 7.96. The Labute approximate surface area is 163 Å². The molecular weight excluding hydrogens is 425 g/mol. The Morgan fingerprint density at radius 3 is 2.41 bits per heavy atom. The van der Waals surface area contributed by atoms with E-state index >= 15 is 0 Å². The average molecular weight is 439 g/mol. The summed E-state index contributed by atoms with van der Waals surface area (Å²) in [6.07, 6.45) is -4.71. The molecule has 27 heavy (non-hydrogen) atoms. The number of nitrogens with one attached hydrogen (secondary N) is 1. The Morgan fingerprint density at radius 2 is 1.81 bits per heavy atom. The van der Waals surface area contributed by atoms with Gasteiger partial charge in [-0.25, -0.2) is 8.42 Å². The van der Waals surface area contributed by atoms with Crippen LogP contribution in [0.15, 0.2) is 52.3 Å². The summed E-state index contributed by atoms with van der Waals surface area (Å²) >= 11 is 6.67. The van der Waals surface area contributed by atoms with Gasteiger partial charge in [0.1, 0.15) is 4.90 Å². The number of hydrogen-bond acceptors (Lipinski definition) is 4. The molecule has 0 saturated heterocycles. The van der Waals surface area contributed by atoms with Crippen molar-refractivity contribution in [1.29, 1.82) is 0 Å². The number of carbonyl (C=O) groups is 1. The molecule has 0 saturated carbocycles. The fraction of sp³-hybridized carbons (Fsp3) is 0.188. The smallest absolute Gasteiger partial charge is 0.339 e. The lowest BCUT2D eigenvalue weighted by Crippen LogP contribution is -2.16. The molecule has 1 amide bonds. The van der Waals surface area contributed by atoms with Gasteiger partial charge in [0.05, 0.1) is 10.6 Å². The minimum Gasteiger partial charge on any atom is -0.339 e. The predicted octanol–water partition coefficient (Wildman–Crippen LogP) is 4.93. The van der Waals surface area contributed by atoms with E-state index in [0.717, 1.165) is 17.8 Å². The Hall–Kier alpha value is -1.91. The van der Waals surface area contributed by atoms with Crippen LogP contribution < -0.4 is 4.72 Å². The normalized spacial score (nSPS) is 11.9. The minimum absolute atomic E-state index is 0.0834. The number of anilines is 1. The third-order valence-corrected chi connectivity index (χ3v) is 6.10. The number of amides is 1. The van der Waals surface area contributed by atoms with E-state index in [1.165, 1.54) is 23.1 Å². The number of sulfonamides is 1. The van der Waals surface area contributed by atoms with Crippen LogP contribution in [0.2, 0.25) is 5.02 Å². The van der Waals surface area contributed by atoms with Gasteiger partial charge in [0.2, 0.25) is 0 Å². The van der Waals surface area contributed by atoms with Crippen LogP contribution in [-0.4, -0.2) is 32.7 Å². The zero-order valence-corrected chi connectivity index (χ0v) is 16.4. The predicted molar refractivity (Wildman–Crippen MR) is 98.6 cm³/mol. The SMILES string of the molecule is CN(C)C(=O)Sc1cccc(NS(=O)(=O)c2cc(C(F)(F)F)ccc2Cl)c1. The molecular formula is C16H14ClF3N2O3S2. The van der Waals surface area contributed by atoms with Crippen molar-refractivity contribution in [2.24, 2.45) is 0 Å². The molecule has 0 aliphatic heterocycles. The Bertz CT molecular complexity index is 964. The highest BCUT2D eigenvalue weighted by atomic mass is 35.5. The lowest BCUT2D eigenvalue weighted by molar-refractivity contribution is -0.137. The summed E-state index contributed by atoms with van der Waals surface area (Å²) in [4.78, 5) is 12.9. The van der Waals surface area contributed by atoms with E-state index < -0.39 is 26.7 Å². The van der Waals surface area contributed by atoms with Crippen LogP contribution in [0.4, 0.5) is 23.7 Å². The number of hydrogen-bond donors (Lipinski definition) is 1. The van der Waals surface area contributed by atoms with Gasteiger partial charge in [-0.05, 0) is 48.2 Å². The maximum atomic E-state index is 12.9. The molecule has 5 nitrogen and oxygen atoms in total. The van der Waals surface area contributed by atoms with Gasteiger partial charge in [-0.1, -0.05) is 17.7 Å². The van der Waals surface area contributed by atoms with E-state index in [4.69, 9.17) is 11.6 Å². The zero-order valence-electron chi connectivity index (χ0n) is 14.0. The van der Waals surface area contributed by atoms with Crippen LogP contribution in [0.1, 0.15) is 5.56 Å².